The molecular weight excluding hydrogens is 266 g/mol. The maximum atomic E-state index is 11.9. The molecule has 1 aromatic rings. The van der Waals surface area contributed by atoms with Crippen molar-refractivity contribution in [2.45, 2.75) is 38.0 Å². The Balaban J connectivity index is 1.39. The third kappa shape index (κ3) is 3.09. The Kier molecular flexibility index (Phi) is 3.70. The molecule has 1 aromatic carbocycles. The van der Waals surface area contributed by atoms with Gasteiger partial charge in [0.25, 0.3) is 0 Å². The first kappa shape index (κ1) is 14.1. The molecule has 0 aliphatic heterocycles. The molecule has 0 unspecified atom stereocenters. The van der Waals surface area contributed by atoms with Crippen molar-refractivity contribution in [2.75, 3.05) is 6.54 Å². The van der Waals surface area contributed by atoms with Crippen molar-refractivity contribution in [3.8, 4) is 0 Å². The Morgan fingerprint density at radius 3 is 2.43 bits per heavy atom. The van der Waals surface area contributed by atoms with E-state index in [0.717, 1.165) is 12.8 Å². The molecule has 0 spiro atoms. The van der Waals surface area contributed by atoms with Crippen LogP contribution in [0.4, 0.5) is 0 Å². The number of rotatable bonds is 6. The molecule has 2 fully saturated rings. The van der Waals surface area contributed by atoms with E-state index in [9.17, 15) is 9.59 Å². The standard InChI is InChI=1S/C17H21NO3/c19-15(18-11-17(6-7-17)16(20)21)10-12-8-14(9-12)13-4-2-1-3-5-13/h1-5,12,14H,6-11H2,(H,18,19)(H,20,21). The first-order valence-corrected chi connectivity index (χ1v) is 7.64. The Hall–Kier alpha value is -1.84. The molecule has 2 aliphatic rings. The van der Waals surface area contributed by atoms with Crippen LogP contribution in [0.2, 0.25) is 0 Å². The van der Waals surface area contributed by atoms with Gasteiger partial charge in [0.05, 0.1) is 5.41 Å². The number of hydrogen-bond acceptors (Lipinski definition) is 2. The van der Waals surface area contributed by atoms with Crippen LogP contribution in [0.15, 0.2) is 30.3 Å². The summed E-state index contributed by atoms with van der Waals surface area (Å²) in [7, 11) is 0. The summed E-state index contributed by atoms with van der Waals surface area (Å²) >= 11 is 0. The predicted molar refractivity (Wildman–Crippen MR) is 78.8 cm³/mol. The molecule has 112 valence electrons. The third-order valence-corrected chi connectivity index (χ3v) is 4.91. The van der Waals surface area contributed by atoms with Gasteiger partial charge in [-0.05, 0) is 43.1 Å². The van der Waals surface area contributed by atoms with Gasteiger partial charge in [0.15, 0.2) is 0 Å². The zero-order valence-corrected chi connectivity index (χ0v) is 12.0. The highest BCUT2D eigenvalue weighted by atomic mass is 16.4. The summed E-state index contributed by atoms with van der Waals surface area (Å²) in [6, 6.07) is 10.4. The molecular formula is C17H21NO3. The SMILES string of the molecule is O=C(CC1CC(c2ccccc2)C1)NCC1(C(=O)O)CC1. The summed E-state index contributed by atoms with van der Waals surface area (Å²) in [4.78, 5) is 22.9. The van der Waals surface area contributed by atoms with Gasteiger partial charge < -0.3 is 10.4 Å². The Morgan fingerprint density at radius 2 is 1.86 bits per heavy atom. The lowest BCUT2D eigenvalue weighted by Gasteiger charge is -2.35. The monoisotopic (exact) mass is 287 g/mol. The number of carboxylic acid groups (broad SMARTS) is 1. The zero-order chi connectivity index (χ0) is 14.9. The van der Waals surface area contributed by atoms with Gasteiger partial charge in [-0.1, -0.05) is 30.3 Å². The van der Waals surface area contributed by atoms with Gasteiger partial charge in [0, 0.05) is 13.0 Å². The fourth-order valence-electron chi connectivity index (χ4n) is 3.12. The van der Waals surface area contributed by atoms with Crippen molar-refractivity contribution in [2.24, 2.45) is 11.3 Å². The summed E-state index contributed by atoms with van der Waals surface area (Å²) < 4.78 is 0. The molecule has 4 heteroatoms. The molecule has 2 N–H and O–H groups in total. The molecule has 0 bridgehead atoms. The minimum absolute atomic E-state index is 0.000892. The molecule has 1 amide bonds. The Morgan fingerprint density at radius 1 is 1.19 bits per heavy atom. The van der Waals surface area contributed by atoms with E-state index in [2.05, 4.69) is 29.6 Å². The van der Waals surface area contributed by atoms with Crippen LogP contribution in [0.25, 0.3) is 0 Å². The second kappa shape index (κ2) is 5.51. The number of nitrogens with one attached hydrogen (secondary N) is 1. The fraction of sp³-hybridized carbons (Fsp3) is 0.529. The van der Waals surface area contributed by atoms with Crippen LogP contribution >= 0.6 is 0 Å². The van der Waals surface area contributed by atoms with Crippen LogP contribution < -0.4 is 5.32 Å². The van der Waals surface area contributed by atoms with E-state index in [1.165, 1.54) is 5.56 Å². The van der Waals surface area contributed by atoms with Crippen LogP contribution in [0.3, 0.4) is 0 Å². The number of hydrogen-bond donors (Lipinski definition) is 2. The van der Waals surface area contributed by atoms with Crippen LogP contribution in [0.1, 0.15) is 43.6 Å². The highest BCUT2D eigenvalue weighted by Gasteiger charge is 2.50. The van der Waals surface area contributed by atoms with Gasteiger partial charge in [-0.2, -0.15) is 0 Å². The first-order chi connectivity index (χ1) is 10.1. The van der Waals surface area contributed by atoms with Crippen molar-refractivity contribution >= 4 is 11.9 Å². The van der Waals surface area contributed by atoms with Crippen LogP contribution in [0, 0.1) is 11.3 Å². The molecule has 4 nitrogen and oxygen atoms in total. The zero-order valence-electron chi connectivity index (χ0n) is 12.0. The minimum atomic E-state index is -0.782. The van der Waals surface area contributed by atoms with Gasteiger partial charge in [-0.3, -0.25) is 9.59 Å². The first-order valence-electron chi connectivity index (χ1n) is 7.64. The van der Waals surface area contributed by atoms with E-state index in [1.807, 2.05) is 6.07 Å². The lowest BCUT2D eigenvalue weighted by molar-refractivity contribution is -0.143. The van der Waals surface area contributed by atoms with Gasteiger partial charge in [-0.15, -0.1) is 0 Å². The average molecular weight is 287 g/mol. The smallest absolute Gasteiger partial charge is 0.311 e. The van der Waals surface area contributed by atoms with E-state index in [1.54, 1.807) is 0 Å². The van der Waals surface area contributed by atoms with Crippen molar-refractivity contribution in [3.63, 3.8) is 0 Å². The molecule has 0 heterocycles. The summed E-state index contributed by atoms with van der Waals surface area (Å²) in [5.74, 6) is 0.239. The fourth-order valence-corrected chi connectivity index (χ4v) is 3.12. The number of carbonyl (C=O) groups is 2. The van der Waals surface area contributed by atoms with Gasteiger partial charge in [0.2, 0.25) is 5.91 Å². The van der Waals surface area contributed by atoms with Crippen molar-refractivity contribution in [1.82, 2.24) is 5.32 Å². The molecule has 0 radical (unpaired) electrons. The second-order valence-electron chi connectivity index (χ2n) is 6.51. The maximum absolute atomic E-state index is 11.9. The lowest BCUT2D eigenvalue weighted by Crippen LogP contribution is -2.36. The van der Waals surface area contributed by atoms with E-state index >= 15 is 0 Å². The summed E-state index contributed by atoms with van der Waals surface area (Å²) in [6.07, 6.45) is 4.01. The van der Waals surface area contributed by atoms with E-state index in [0.29, 0.717) is 31.1 Å². The second-order valence-corrected chi connectivity index (χ2v) is 6.51. The molecule has 3 rings (SSSR count). The van der Waals surface area contributed by atoms with Crippen LogP contribution in [-0.2, 0) is 9.59 Å². The molecule has 0 saturated heterocycles. The quantitative estimate of drug-likeness (QED) is 0.845. The molecule has 0 atom stereocenters. The van der Waals surface area contributed by atoms with Gasteiger partial charge in [-0.25, -0.2) is 0 Å². The topological polar surface area (TPSA) is 66.4 Å². The number of amides is 1. The highest BCUT2D eigenvalue weighted by molar-refractivity contribution is 5.81. The molecule has 2 saturated carbocycles. The average Bonchev–Trinajstić information content (AvgIpc) is 3.22. The van der Waals surface area contributed by atoms with Crippen LogP contribution in [-0.4, -0.2) is 23.5 Å². The summed E-state index contributed by atoms with van der Waals surface area (Å²) in [5, 5.41) is 11.9. The number of carbonyl (C=O) groups excluding carboxylic acids is 1. The lowest BCUT2D eigenvalue weighted by atomic mass is 9.70. The van der Waals surface area contributed by atoms with E-state index in [4.69, 9.17) is 5.11 Å². The van der Waals surface area contributed by atoms with Crippen molar-refractivity contribution < 1.29 is 14.7 Å². The van der Waals surface area contributed by atoms with Crippen molar-refractivity contribution in [1.29, 1.82) is 0 Å². The molecule has 21 heavy (non-hydrogen) atoms. The Labute approximate surface area is 124 Å². The van der Waals surface area contributed by atoms with Crippen LogP contribution in [0.5, 0.6) is 0 Å². The number of aliphatic carboxylic acids is 1. The third-order valence-electron chi connectivity index (χ3n) is 4.91. The summed E-state index contributed by atoms with van der Waals surface area (Å²) in [6.45, 7) is 0.288. The molecule has 0 aromatic heterocycles. The maximum Gasteiger partial charge on any atom is 0.311 e. The predicted octanol–water partition coefficient (Wildman–Crippen LogP) is 2.55. The van der Waals surface area contributed by atoms with E-state index < -0.39 is 11.4 Å². The largest absolute Gasteiger partial charge is 0.481 e. The van der Waals surface area contributed by atoms with E-state index in [-0.39, 0.29) is 12.5 Å². The van der Waals surface area contributed by atoms with Crippen molar-refractivity contribution in [3.05, 3.63) is 35.9 Å². The van der Waals surface area contributed by atoms with Gasteiger partial charge in [0.1, 0.15) is 0 Å². The number of carboxylic acids is 1. The molecule has 2 aliphatic carbocycles. The normalized spacial score (nSPS) is 25.7. The highest BCUT2D eigenvalue weighted by Crippen LogP contribution is 2.45. The summed E-state index contributed by atoms with van der Waals surface area (Å²) in [5.41, 5.74) is 0.693. The van der Waals surface area contributed by atoms with Gasteiger partial charge >= 0.3 is 5.97 Å². The Bertz CT molecular complexity index is 530. The minimum Gasteiger partial charge on any atom is -0.481 e. The number of benzene rings is 1.